The second kappa shape index (κ2) is 7.45. The average molecular weight is 374 g/mol. The van der Waals surface area contributed by atoms with Gasteiger partial charge in [-0.3, -0.25) is 4.90 Å². The van der Waals surface area contributed by atoms with Crippen LogP contribution in [0.15, 0.2) is 22.7 Å². The molecule has 2 N–H and O–H groups in total. The van der Waals surface area contributed by atoms with Crippen molar-refractivity contribution in [2.24, 2.45) is 11.1 Å². The summed E-state index contributed by atoms with van der Waals surface area (Å²) in [6.07, 6.45) is 5.09. The van der Waals surface area contributed by atoms with Crippen LogP contribution in [0.1, 0.15) is 51.1 Å². The van der Waals surface area contributed by atoms with Gasteiger partial charge in [0.1, 0.15) is 0 Å². The highest BCUT2D eigenvalue weighted by Gasteiger charge is 2.34. The Balaban J connectivity index is 2.15. The van der Waals surface area contributed by atoms with E-state index >= 15 is 0 Å². The lowest BCUT2D eigenvalue weighted by molar-refractivity contribution is 0.0680. The van der Waals surface area contributed by atoms with Gasteiger partial charge in [-0.2, -0.15) is 0 Å². The van der Waals surface area contributed by atoms with E-state index in [9.17, 15) is 0 Å². The number of nitrogens with two attached hydrogens (primary N) is 1. The topological polar surface area (TPSA) is 29.3 Å². The molecule has 1 aromatic rings. The van der Waals surface area contributed by atoms with Crippen LogP contribution in [0.3, 0.4) is 0 Å². The first-order chi connectivity index (χ1) is 10.0. The second-order valence-corrected chi connectivity index (χ2v) is 7.48. The third-order valence-corrected chi connectivity index (χ3v) is 6.18. The fourth-order valence-electron chi connectivity index (χ4n) is 3.51. The fourth-order valence-corrected chi connectivity index (χ4v) is 4.13. The summed E-state index contributed by atoms with van der Waals surface area (Å²) in [6, 6.07) is 6.27. The zero-order chi connectivity index (χ0) is 15.5. The number of piperidine rings is 1. The Bertz CT molecular complexity index is 464. The number of hydrogen-bond donors (Lipinski definition) is 1. The molecule has 118 valence electrons. The van der Waals surface area contributed by atoms with Crippen LogP contribution in [0.5, 0.6) is 0 Å². The maximum absolute atomic E-state index is 6.40. The molecule has 1 aliphatic heterocycles. The van der Waals surface area contributed by atoms with Gasteiger partial charge in [0.25, 0.3) is 0 Å². The standard InChI is InChI=1S/C17H26BrClN2/c1-3-17(4-2)7-9-21(10-8-17)16(12-20)14-11-13(18)5-6-15(14)19/h5-6,11,16H,3-4,7-10,12,20H2,1-2H3. The van der Waals surface area contributed by atoms with Crippen LogP contribution in [0, 0.1) is 5.41 Å². The lowest BCUT2D eigenvalue weighted by Gasteiger charge is -2.44. The Morgan fingerprint density at radius 2 is 1.90 bits per heavy atom. The van der Waals surface area contributed by atoms with E-state index in [2.05, 4.69) is 40.7 Å². The Hall–Kier alpha value is -0.0900. The fraction of sp³-hybridized carbons (Fsp3) is 0.647. The minimum Gasteiger partial charge on any atom is -0.329 e. The number of hydrogen-bond acceptors (Lipinski definition) is 2. The van der Waals surface area contributed by atoms with Gasteiger partial charge in [-0.1, -0.05) is 54.2 Å². The Labute approximate surface area is 142 Å². The van der Waals surface area contributed by atoms with Crippen molar-refractivity contribution in [3.63, 3.8) is 0 Å². The molecule has 1 heterocycles. The molecule has 0 aliphatic carbocycles. The summed E-state index contributed by atoms with van der Waals surface area (Å²) >= 11 is 9.94. The van der Waals surface area contributed by atoms with Gasteiger partial charge in [0, 0.05) is 22.1 Å². The summed E-state index contributed by atoms with van der Waals surface area (Å²) < 4.78 is 1.06. The molecule has 0 amide bonds. The van der Waals surface area contributed by atoms with E-state index in [0.29, 0.717) is 12.0 Å². The number of rotatable bonds is 5. The molecule has 0 saturated carbocycles. The highest BCUT2D eigenvalue weighted by Crippen LogP contribution is 2.40. The van der Waals surface area contributed by atoms with E-state index in [1.54, 1.807) is 0 Å². The van der Waals surface area contributed by atoms with Crippen LogP contribution in [0.4, 0.5) is 0 Å². The Morgan fingerprint density at radius 3 is 2.43 bits per heavy atom. The van der Waals surface area contributed by atoms with Crippen molar-refractivity contribution in [3.05, 3.63) is 33.3 Å². The summed E-state index contributed by atoms with van der Waals surface area (Å²) in [5, 5.41) is 0.816. The van der Waals surface area contributed by atoms with Gasteiger partial charge in [0.15, 0.2) is 0 Å². The van der Waals surface area contributed by atoms with E-state index in [1.165, 1.54) is 25.7 Å². The number of halogens is 2. The third-order valence-electron chi connectivity index (χ3n) is 5.34. The summed E-state index contributed by atoms with van der Waals surface area (Å²) in [7, 11) is 0. The van der Waals surface area contributed by atoms with E-state index in [4.69, 9.17) is 17.3 Å². The first-order valence-electron chi connectivity index (χ1n) is 7.94. The van der Waals surface area contributed by atoms with Gasteiger partial charge in [-0.05, 0) is 55.1 Å². The maximum atomic E-state index is 6.40. The molecule has 2 rings (SSSR count). The van der Waals surface area contributed by atoms with Crippen LogP contribution < -0.4 is 5.73 Å². The molecular formula is C17H26BrClN2. The molecule has 1 atom stereocenters. The molecular weight excluding hydrogens is 348 g/mol. The lowest BCUT2D eigenvalue weighted by atomic mass is 9.74. The molecule has 1 fully saturated rings. The van der Waals surface area contributed by atoms with Crippen molar-refractivity contribution < 1.29 is 0 Å². The molecule has 2 nitrogen and oxygen atoms in total. The van der Waals surface area contributed by atoms with Gasteiger partial charge in [0.05, 0.1) is 0 Å². The summed E-state index contributed by atoms with van der Waals surface area (Å²) in [5.74, 6) is 0. The average Bonchev–Trinajstić information content (AvgIpc) is 2.52. The predicted molar refractivity (Wildman–Crippen MR) is 94.8 cm³/mol. The smallest absolute Gasteiger partial charge is 0.0485 e. The molecule has 1 saturated heterocycles. The first kappa shape index (κ1) is 17.3. The predicted octanol–water partition coefficient (Wildman–Crippen LogP) is 5.00. The van der Waals surface area contributed by atoms with Crippen molar-refractivity contribution in [2.45, 2.75) is 45.6 Å². The SMILES string of the molecule is CCC1(CC)CCN(C(CN)c2cc(Br)ccc2Cl)CC1. The van der Waals surface area contributed by atoms with Crippen LogP contribution in [-0.2, 0) is 0 Å². The number of nitrogens with zero attached hydrogens (tertiary/aromatic N) is 1. The van der Waals surface area contributed by atoms with Gasteiger partial charge in [0.2, 0.25) is 0 Å². The van der Waals surface area contributed by atoms with E-state index in [0.717, 1.165) is 28.1 Å². The maximum Gasteiger partial charge on any atom is 0.0485 e. The quantitative estimate of drug-likeness (QED) is 0.786. The van der Waals surface area contributed by atoms with E-state index in [1.807, 2.05) is 12.1 Å². The lowest BCUT2D eigenvalue weighted by Crippen LogP contribution is -2.43. The highest BCUT2D eigenvalue weighted by atomic mass is 79.9. The van der Waals surface area contributed by atoms with E-state index in [-0.39, 0.29) is 6.04 Å². The van der Waals surface area contributed by atoms with Crippen molar-refractivity contribution in [3.8, 4) is 0 Å². The van der Waals surface area contributed by atoms with Gasteiger partial charge >= 0.3 is 0 Å². The Morgan fingerprint density at radius 1 is 1.29 bits per heavy atom. The largest absolute Gasteiger partial charge is 0.329 e. The molecule has 1 aliphatic rings. The minimum absolute atomic E-state index is 0.224. The third kappa shape index (κ3) is 3.82. The summed E-state index contributed by atoms with van der Waals surface area (Å²) in [6.45, 7) is 7.50. The van der Waals surface area contributed by atoms with Gasteiger partial charge < -0.3 is 5.73 Å². The van der Waals surface area contributed by atoms with Crippen molar-refractivity contribution >= 4 is 27.5 Å². The first-order valence-corrected chi connectivity index (χ1v) is 9.11. The van der Waals surface area contributed by atoms with Gasteiger partial charge in [-0.15, -0.1) is 0 Å². The molecule has 0 spiro atoms. The van der Waals surface area contributed by atoms with Crippen LogP contribution in [0.25, 0.3) is 0 Å². The normalized spacial score (nSPS) is 20.4. The molecule has 0 aromatic heterocycles. The molecule has 0 bridgehead atoms. The Kier molecular flexibility index (Phi) is 6.13. The van der Waals surface area contributed by atoms with Gasteiger partial charge in [-0.25, -0.2) is 0 Å². The molecule has 0 radical (unpaired) electrons. The highest BCUT2D eigenvalue weighted by molar-refractivity contribution is 9.10. The zero-order valence-corrected chi connectivity index (χ0v) is 15.4. The summed E-state index contributed by atoms with van der Waals surface area (Å²) in [5.41, 5.74) is 7.76. The minimum atomic E-state index is 0.224. The molecule has 1 aromatic carbocycles. The number of likely N-dealkylation sites (tertiary alicyclic amines) is 1. The van der Waals surface area contributed by atoms with Crippen molar-refractivity contribution in [2.75, 3.05) is 19.6 Å². The van der Waals surface area contributed by atoms with Crippen molar-refractivity contribution in [1.82, 2.24) is 4.90 Å². The molecule has 4 heteroatoms. The van der Waals surface area contributed by atoms with Crippen LogP contribution >= 0.6 is 27.5 Å². The molecule has 21 heavy (non-hydrogen) atoms. The van der Waals surface area contributed by atoms with Crippen molar-refractivity contribution in [1.29, 1.82) is 0 Å². The van der Waals surface area contributed by atoms with Crippen LogP contribution in [0.2, 0.25) is 5.02 Å². The second-order valence-electron chi connectivity index (χ2n) is 6.16. The van der Waals surface area contributed by atoms with E-state index < -0.39 is 0 Å². The van der Waals surface area contributed by atoms with Crippen LogP contribution in [-0.4, -0.2) is 24.5 Å². The molecule has 1 unspecified atom stereocenters. The number of benzene rings is 1. The monoisotopic (exact) mass is 372 g/mol. The summed E-state index contributed by atoms with van der Waals surface area (Å²) in [4.78, 5) is 2.51. The zero-order valence-electron chi connectivity index (χ0n) is 13.0.